The van der Waals surface area contributed by atoms with Gasteiger partial charge in [-0.1, -0.05) is 32.3 Å². The molecule has 0 radical (unpaired) electrons. The molecule has 1 nitrogen and oxygen atoms in total. The molecule has 3 atom stereocenters. The molecule has 1 aliphatic carbocycles. The van der Waals surface area contributed by atoms with Gasteiger partial charge < -0.3 is 5.73 Å². The van der Waals surface area contributed by atoms with Crippen molar-refractivity contribution in [2.24, 2.45) is 17.6 Å². The van der Waals surface area contributed by atoms with Crippen LogP contribution in [0.4, 0.5) is 0 Å². The van der Waals surface area contributed by atoms with Gasteiger partial charge in [0.25, 0.3) is 0 Å². The minimum atomic E-state index is 0.728. The Labute approximate surface area is 103 Å². The van der Waals surface area contributed by atoms with Crippen LogP contribution in [-0.4, -0.2) is 6.54 Å². The average Bonchev–Trinajstić information content (AvgIpc) is 2.83. The first-order valence-corrected chi connectivity index (χ1v) is 7.46. The fraction of sp³-hybridized carbons (Fsp3) is 0.714. The van der Waals surface area contributed by atoms with Gasteiger partial charge in [0.05, 0.1) is 0 Å². The number of rotatable bonds is 4. The summed E-state index contributed by atoms with van der Waals surface area (Å²) in [7, 11) is 0. The second-order valence-corrected chi connectivity index (χ2v) is 6.06. The monoisotopic (exact) mass is 237 g/mol. The summed E-state index contributed by atoms with van der Waals surface area (Å²) < 4.78 is 0. The van der Waals surface area contributed by atoms with Crippen LogP contribution >= 0.6 is 11.3 Å². The summed E-state index contributed by atoms with van der Waals surface area (Å²) in [6, 6.07) is 4.48. The molecule has 0 amide bonds. The van der Waals surface area contributed by atoms with E-state index in [0.29, 0.717) is 0 Å². The second kappa shape index (κ2) is 5.83. The number of nitrogens with two attached hydrogens (primary N) is 1. The molecule has 1 aromatic heterocycles. The van der Waals surface area contributed by atoms with Gasteiger partial charge in [0, 0.05) is 4.88 Å². The van der Waals surface area contributed by atoms with Gasteiger partial charge in [-0.25, -0.2) is 0 Å². The topological polar surface area (TPSA) is 26.0 Å². The van der Waals surface area contributed by atoms with E-state index in [2.05, 4.69) is 24.4 Å². The van der Waals surface area contributed by atoms with Gasteiger partial charge in [0.1, 0.15) is 0 Å². The van der Waals surface area contributed by atoms with E-state index in [4.69, 9.17) is 5.73 Å². The van der Waals surface area contributed by atoms with Crippen LogP contribution < -0.4 is 5.73 Å². The Bertz CT molecular complexity index is 294. The zero-order valence-electron chi connectivity index (χ0n) is 10.2. The summed E-state index contributed by atoms with van der Waals surface area (Å²) in [5.41, 5.74) is 5.92. The van der Waals surface area contributed by atoms with E-state index < -0.39 is 0 Å². The van der Waals surface area contributed by atoms with Crippen LogP contribution in [0.2, 0.25) is 0 Å². The van der Waals surface area contributed by atoms with Crippen LogP contribution in [0, 0.1) is 11.8 Å². The molecule has 90 valence electrons. The Morgan fingerprint density at radius 1 is 1.44 bits per heavy atom. The fourth-order valence-electron chi connectivity index (χ4n) is 3.12. The molecule has 1 heterocycles. The Hall–Kier alpha value is -0.340. The maximum atomic E-state index is 5.92. The number of hydrogen-bond acceptors (Lipinski definition) is 2. The molecule has 0 aromatic carbocycles. The van der Waals surface area contributed by atoms with E-state index in [-0.39, 0.29) is 0 Å². The van der Waals surface area contributed by atoms with Crippen molar-refractivity contribution in [3.05, 3.63) is 22.4 Å². The molecule has 16 heavy (non-hydrogen) atoms. The van der Waals surface area contributed by atoms with Crippen molar-refractivity contribution >= 4 is 11.3 Å². The highest BCUT2D eigenvalue weighted by Gasteiger charge is 2.30. The van der Waals surface area contributed by atoms with Gasteiger partial charge in [0.15, 0.2) is 0 Å². The van der Waals surface area contributed by atoms with E-state index in [0.717, 1.165) is 24.3 Å². The summed E-state index contributed by atoms with van der Waals surface area (Å²) in [6.07, 6.45) is 6.84. The Morgan fingerprint density at radius 3 is 2.94 bits per heavy atom. The van der Waals surface area contributed by atoms with Crippen molar-refractivity contribution < 1.29 is 0 Å². The minimum absolute atomic E-state index is 0.728. The van der Waals surface area contributed by atoms with Crippen LogP contribution in [0.15, 0.2) is 17.5 Å². The van der Waals surface area contributed by atoms with Gasteiger partial charge in [-0.3, -0.25) is 0 Å². The smallest absolute Gasteiger partial charge is 0.00795 e. The van der Waals surface area contributed by atoms with Crippen LogP contribution in [-0.2, 0) is 0 Å². The lowest BCUT2D eigenvalue weighted by molar-refractivity contribution is 0.232. The molecule has 0 spiro atoms. The molecule has 0 bridgehead atoms. The standard InChI is InChI=1S/C14H23NS/c1-2-4-11-6-7-12(10-15)13(9-11)14-5-3-8-16-14/h3,5,8,11-13H,2,4,6-7,9-10,15H2,1H3. The summed E-state index contributed by atoms with van der Waals surface area (Å²) in [5, 5.41) is 2.20. The van der Waals surface area contributed by atoms with Crippen molar-refractivity contribution in [3.8, 4) is 0 Å². The van der Waals surface area contributed by atoms with Crippen LogP contribution in [0.5, 0.6) is 0 Å². The van der Waals surface area contributed by atoms with Crippen molar-refractivity contribution in [1.29, 1.82) is 0 Å². The molecule has 3 unspecified atom stereocenters. The fourth-order valence-corrected chi connectivity index (χ4v) is 4.06. The van der Waals surface area contributed by atoms with Crippen LogP contribution in [0.25, 0.3) is 0 Å². The zero-order chi connectivity index (χ0) is 11.4. The first-order valence-electron chi connectivity index (χ1n) is 6.58. The lowest BCUT2D eigenvalue weighted by atomic mass is 9.72. The maximum Gasteiger partial charge on any atom is 0.00795 e. The Kier molecular flexibility index (Phi) is 4.42. The highest BCUT2D eigenvalue weighted by molar-refractivity contribution is 7.10. The Morgan fingerprint density at radius 2 is 2.31 bits per heavy atom. The predicted molar refractivity (Wildman–Crippen MR) is 71.9 cm³/mol. The van der Waals surface area contributed by atoms with Gasteiger partial charge >= 0.3 is 0 Å². The first kappa shape index (κ1) is 12.1. The summed E-state index contributed by atoms with van der Waals surface area (Å²) in [4.78, 5) is 1.57. The zero-order valence-corrected chi connectivity index (χ0v) is 11.0. The van der Waals surface area contributed by atoms with Gasteiger partial charge in [0.2, 0.25) is 0 Å². The number of thiophene rings is 1. The molecule has 2 N–H and O–H groups in total. The van der Waals surface area contributed by atoms with E-state index in [1.165, 1.54) is 32.1 Å². The largest absolute Gasteiger partial charge is 0.330 e. The predicted octanol–water partition coefficient (Wildman–Crippen LogP) is 4.01. The molecule has 1 fully saturated rings. The maximum absolute atomic E-state index is 5.92. The first-order chi connectivity index (χ1) is 7.85. The lowest BCUT2D eigenvalue weighted by Gasteiger charge is -2.35. The molecule has 2 heteroatoms. The molecular weight excluding hydrogens is 214 g/mol. The highest BCUT2D eigenvalue weighted by atomic mass is 32.1. The molecule has 1 aliphatic rings. The molecule has 1 saturated carbocycles. The molecule has 0 saturated heterocycles. The molecule has 2 rings (SSSR count). The third-order valence-corrected chi connectivity index (χ3v) is 5.01. The van der Waals surface area contributed by atoms with Crippen molar-refractivity contribution in [3.63, 3.8) is 0 Å². The summed E-state index contributed by atoms with van der Waals surface area (Å²) >= 11 is 1.91. The van der Waals surface area contributed by atoms with Crippen molar-refractivity contribution in [2.45, 2.75) is 44.9 Å². The van der Waals surface area contributed by atoms with E-state index in [9.17, 15) is 0 Å². The van der Waals surface area contributed by atoms with Gasteiger partial charge in [-0.2, -0.15) is 0 Å². The minimum Gasteiger partial charge on any atom is -0.330 e. The average molecular weight is 237 g/mol. The Balaban J connectivity index is 2.05. The summed E-state index contributed by atoms with van der Waals surface area (Å²) in [6.45, 7) is 3.16. The van der Waals surface area contributed by atoms with Crippen LogP contribution in [0.1, 0.15) is 49.8 Å². The van der Waals surface area contributed by atoms with Crippen molar-refractivity contribution in [1.82, 2.24) is 0 Å². The second-order valence-electron chi connectivity index (χ2n) is 5.09. The van der Waals surface area contributed by atoms with Crippen molar-refractivity contribution in [2.75, 3.05) is 6.54 Å². The summed E-state index contributed by atoms with van der Waals surface area (Å²) in [5.74, 6) is 2.42. The third kappa shape index (κ3) is 2.67. The molecular formula is C14H23NS. The molecule has 0 aliphatic heterocycles. The number of hydrogen-bond donors (Lipinski definition) is 1. The van der Waals surface area contributed by atoms with E-state index in [1.54, 1.807) is 4.88 Å². The van der Waals surface area contributed by atoms with E-state index in [1.807, 2.05) is 11.3 Å². The highest BCUT2D eigenvalue weighted by Crippen LogP contribution is 2.43. The third-order valence-electron chi connectivity index (χ3n) is 4.01. The van der Waals surface area contributed by atoms with E-state index >= 15 is 0 Å². The van der Waals surface area contributed by atoms with Gasteiger partial charge in [-0.15, -0.1) is 11.3 Å². The SMILES string of the molecule is CCCC1CCC(CN)C(c2cccs2)C1. The normalized spacial score (nSPS) is 30.5. The van der Waals surface area contributed by atoms with Gasteiger partial charge in [-0.05, 0) is 48.6 Å². The van der Waals surface area contributed by atoms with Crippen LogP contribution in [0.3, 0.4) is 0 Å². The quantitative estimate of drug-likeness (QED) is 0.841. The molecule has 1 aromatic rings. The lowest BCUT2D eigenvalue weighted by Crippen LogP contribution is -2.28.